The van der Waals surface area contributed by atoms with Crippen molar-refractivity contribution in [2.75, 3.05) is 0 Å². The zero-order chi connectivity index (χ0) is 7.56. The van der Waals surface area contributed by atoms with Crippen molar-refractivity contribution < 1.29 is 9.53 Å². The minimum Gasteiger partial charge on any atom is -0.460 e. The minimum absolute atomic E-state index is 0.00833. The molecule has 56 valence electrons. The van der Waals surface area contributed by atoms with Crippen molar-refractivity contribution in [1.82, 2.24) is 0 Å². The molecule has 2 nitrogen and oxygen atoms in total. The molecule has 0 radical (unpaired) electrons. The Kier molecular flexibility index (Phi) is 2.10. The molecule has 0 spiro atoms. The van der Waals surface area contributed by atoms with E-state index in [0.717, 1.165) is 18.4 Å². The Morgan fingerprint density at radius 2 is 2.30 bits per heavy atom. The molecule has 0 saturated heterocycles. The van der Waals surface area contributed by atoms with Gasteiger partial charge in [0.15, 0.2) is 0 Å². The molecule has 0 aliphatic heterocycles. The van der Waals surface area contributed by atoms with Gasteiger partial charge in [0, 0.05) is 5.57 Å². The summed E-state index contributed by atoms with van der Waals surface area (Å²) in [6.45, 7) is 3.72. The van der Waals surface area contributed by atoms with Crippen molar-refractivity contribution in [2.24, 2.45) is 0 Å². The Morgan fingerprint density at radius 3 is 2.60 bits per heavy atom. The second kappa shape index (κ2) is 2.86. The van der Waals surface area contributed by atoms with Crippen LogP contribution >= 0.6 is 0 Å². The molecule has 0 N–H and O–H groups in total. The summed E-state index contributed by atoms with van der Waals surface area (Å²) < 4.78 is 4.95. The molecule has 1 aliphatic rings. The highest BCUT2D eigenvalue weighted by atomic mass is 16.5. The van der Waals surface area contributed by atoms with Gasteiger partial charge in [-0.3, -0.25) is 0 Å². The zero-order valence-corrected chi connectivity index (χ0v) is 6.39. The van der Waals surface area contributed by atoms with Crippen molar-refractivity contribution in [3.8, 4) is 0 Å². The van der Waals surface area contributed by atoms with Crippen LogP contribution < -0.4 is 0 Å². The van der Waals surface area contributed by atoms with Gasteiger partial charge in [-0.1, -0.05) is 6.08 Å². The lowest BCUT2D eigenvalue weighted by Gasteiger charge is -2.14. The molecule has 1 aliphatic carbocycles. The number of carbonyl (C=O) groups is 1. The van der Waals surface area contributed by atoms with E-state index in [1.54, 1.807) is 0 Å². The second-order valence-corrected chi connectivity index (χ2v) is 2.72. The zero-order valence-electron chi connectivity index (χ0n) is 6.39. The lowest BCUT2D eigenvalue weighted by molar-refractivity contribution is -0.143. The van der Waals surface area contributed by atoms with Gasteiger partial charge in [0.05, 0.1) is 6.10 Å². The summed E-state index contributed by atoms with van der Waals surface area (Å²) in [7, 11) is 0. The third-order valence-corrected chi connectivity index (χ3v) is 1.41. The fourth-order valence-electron chi connectivity index (χ4n) is 0.764. The molecular weight excluding hydrogens is 128 g/mol. The summed E-state index contributed by atoms with van der Waals surface area (Å²) in [5.41, 5.74) is 0.841. The molecule has 1 rings (SSSR count). The summed E-state index contributed by atoms with van der Waals surface area (Å²) in [6.07, 6.45) is 3.85. The molecule has 0 fully saturated rings. The third-order valence-electron chi connectivity index (χ3n) is 1.41. The Balaban J connectivity index is 2.35. The Morgan fingerprint density at radius 1 is 1.70 bits per heavy atom. The average Bonchev–Trinajstić information content (AvgIpc) is 1.55. The Bertz CT molecular complexity index is 168. The highest BCUT2D eigenvalue weighted by molar-refractivity contribution is 5.89. The van der Waals surface area contributed by atoms with Gasteiger partial charge in [-0.05, 0) is 26.7 Å². The molecule has 0 unspecified atom stereocenters. The van der Waals surface area contributed by atoms with Gasteiger partial charge < -0.3 is 4.74 Å². The lowest BCUT2D eigenvalue weighted by atomic mass is 9.99. The monoisotopic (exact) mass is 140 g/mol. The lowest BCUT2D eigenvalue weighted by Crippen LogP contribution is -2.16. The van der Waals surface area contributed by atoms with E-state index in [9.17, 15) is 4.79 Å². The molecule has 0 saturated carbocycles. The number of hydrogen-bond acceptors (Lipinski definition) is 2. The third kappa shape index (κ3) is 1.59. The molecule has 0 bridgehead atoms. The number of hydrogen-bond donors (Lipinski definition) is 0. The molecule has 0 amide bonds. The Labute approximate surface area is 60.9 Å². The van der Waals surface area contributed by atoms with Crippen molar-refractivity contribution in [2.45, 2.75) is 32.8 Å². The van der Waals surface area contributed by atoms with Crippen molar-refractivity contribution in [3.63, 3.8) is 0 Å². The fraction of sp³-hybridized carbons (Fsp3) is 0.625. The molecule has 10 heavy (non-hydrogen) atoms. The van der Waals surface area contributed by atoms with Crippen LogP contribution in [0.5, 0.6) is 0 Å². The van der Waals surface area contributed by atoms with Gasteiger partial charge in [-0.25, -0.2) is 4.79 Å². The minimum atomic E-state index is -0.138. The maximum Gasteiger partial charge on any atom is 0.333 e. The quantitative estimate of drug-likeness (QED) is 0.545. The number of allylic oxidation sites excluding steroid dienone is 1. The van der Waals surface area contributed by atoms with E-state index < -0.39 is 0 Å². The number of ether oxygens (including phenoxy) is 1. The smallest absolute Gasteiger partial charge is 0.333 e. The maximum atomic E-state index is 10.9. The molecule has 0 aromatic carbocycles. The van der Waals surface area contributed by atoms with E-state index in [4.69, 9.17) is 4.74 Å². The van der Waals surface area contributed by atoms with E-state index in [0.29, 0.717) is 0 Å². The molecular formula is C8H12O2. The first-order valence-corrected chi connectivity index (χ1v) is 3.60. The van der Waals surface area contributed by atoms with Gasteiger partial charge in [0.25, 0.3) is 0 Å². The predicted molar refractivity (Wildman–Crippen MR) is 38.5 cm³/mol. The van der Waals surface area contributed by atoms with E-state index in [2.05, 4.69) is 0 Å². The molecule has 0 heterocycles. The number of rotatable bonds is 2. The van der Waals surface area contributed by atoms with Gasteiger partial charge in [0.2, 0.25) is 0 Å². The predicted octanol–water partition coefficient (Wildman–Crippen LogP) is 1.66. The topological polar surface area (TPSA) is 26.3 Å². The maximum absolute atomic E-state index is 10.9. The van der Waals surface area contributed by atoms with Crippen molar-refractivity contribution in [3.05, 3.63) is 11.6 Å². The summed E-state index contributed by atoms with van der Waals surface area (Å²) in [4.78, 5) is 10.9. The first-order chi connectivity index (χ1) is 4.70. The summed E-state index contributed by atoms with van der Waals surface area (Å²) in [5, 5.41) is 0. The SMILES string of the molecule is CC(C)OC(=O)C1=CCC1. The summed E-state index contributed by atoms with van der Waals surface area (Å²) in [6, 6.07) is 0. The first-order valence-electron chi connectivity index (χ1n) is 3.60. The van der Waals surface area contributed by atoms with E-state index in [1.807, 2.05) is 19.9 Å². The highest BCUT2D eigenvalue weighted by Crippen LogP contribution is 2.19. The average molecular weight is 140 g/mol. The van der Waals surface area contributed by atoms with Crippen LogP contribution in [0.2, 0.25) is 0 Å². The summed E-state index contributed by atoms with van der Waals surface area (Å²) in [5.74, 6) is -0.138. The largest absolute Gasteiger partial charge is 0.460 e. The van der Waals surface area contributed by atoms with Gasteiger partial charge >= 0.3 is 5.97 Å². The number of esters is 1. The van der Waals surface area contributed by atoms with E-state index >= 15 is 0 Å². The second-order valence-electron chi connectivity index (χ2n) is 2.72. The highest BCUT2D eigenvalue weighted by Gasteiger charge is 2.16. The van der Waals surface area contributed by atoms with Gasteiger partial charge in [-0.2, -0.15) is 0 Å². The van der Waals surface area contributed by atoms with Crippen LogP contribution in [0.1, 0.15) is 26.7 Å². The normalized spacial score (nSPS) is 16.1. The molecule has 0 atom stereocenters. The number of carbonyl (C=O) groups excluding carboxylic acids is 1. The molecule has 0 aromatic rings. The van der Waals surface area contributed by atoms with Crippen LogP contribution in [0, 0.1) is 0 Å². The Hall–Kier alpha value is -0.790. The van der Waals surface area contributed by atoms with Crippen LogP contribution in [-0.2, 0) is 9.53 Å². The van der Waals surface area contributed by atoms with E-state index in [-0.39, 0.29) is 12.1 Å². The van der Waals surface area contributed by atoms with Gasteiger partial charge in [-0.15, -0.1) is 0 Å². The molecule has 2 heteroatoms. The van der Waals surface area contributed by atoms with Gasteiger partial charge in [0.1, 0.15) is 0 Å². The summed E-state index contributed by atoms with van der Waals surface area (Å²) >= 11 is 0. The van der Waals surface area contributed by atoms with Crippen molar-refractivity contribution >= 4 is 5.97 Å². The van der Waals surface area contributed by atoms with Crippen LogP contribution in [0.3, 0.4) is 0 Å². The van der Waals surface area contributed by atoms with Crippen LogP contribution in [-0.4, -0.2) is 12.1 Å². The molecule has 0 aromatic heterocycles. The standard InChI is InChI=1S/C8H12O2/c1-6(2)10-8(9)7-4-3-5-7/h4,6H,3,5H2,1-2H3. The van der Waals surface area contributed by atoms with Crippen LogP contribution in [0.15, 0.2) is 11.6 Å². The van der Waals surface area contributed by atoms with Crippen LogP contribution in [0.4, 0.5) is 0 Å². The fourth-order valence-corrected chi connectivity index (χ4v) is 0.764. The van der Waals surface area contributed by atoms with E-state index in [1.165, 1.54) is 0 Å². The van der Waals surface area contributed by atoms with Crippen LogP contribution in [0.25, 0.3) is 0 Å². The van der Waals surface area contributed by atoms with Crippen molar-refractivity contribution in [1.29, 1.82) is 0 Å². The first kappa shape index (κ1) is 7.32.